The van der Waals surface area contributed by atoms with Gasteiger partial charge in [0.05, 0.1) is 0 Å². The average Bonchev–Trinajstić information content (AvgIpc) is 2.43. The molecule has 0 bridgehead atoms. The van der Waals surface area contributed by atoms with Crippen molar-refractivity contribution in [3.05, 3.63) is 24.7 Å². The Labute approximate surface area is 46.5 Å². The van der Waals surface area contributed by atoms with E-state index in [1.165, 1.54) is 4.90 Å². The Hall–Kier alpha value is -1.25. The number of carboxylic acids is 1. The van der Waals surface area contributed by atoms with Crippen LogP contribution >= 0.6 is 0 Å². The van der Waals surface area contributed by atoms with Gasteiger partial charge in [-0.15, -0.1) is 0 Å². The van der Waals surface area contributed by atoms with Crippen molar-refractivity contribution in [1.82, 2.24) is 4.90 Å². The van der Waals surface area contributed by atoms with Crippen LogP contribution in [0.15, 0.2) is 24.7 Å². The molecule has 8 heavy (non-hydrogen) atoms. The quantitative estimate of drug-likeness (QED) is 0.523. The lowest BCUT2D eigenvalue weighted by Gasteiger charge is -1.97. The van der Waals surface area contributed by atoms with E-state index < -0.39 is 5.97 Å². The van der Waals surface area contributed by atoms with Crippen molar-refractivity contribution < 1.29 is 9.90 Å². The zero-order chi connectivity index (χ0) is 6.15. The van der Waals surface area contributed by atoms with Gasteiger partial charge in [0.15, 0.2) is 0 Å². The lowest BCUT2D eigenvalue weighted by Crippen LogP contribution is -2.06. The molecule has 0 amide bonds. The molecule has 3 nitrogen and oxygen atoms in total. The fraction of sp³-hybridized carbons (Fsp3) is 0. The molecule has 0 saturated heterocycles. The third kappa shape index (κ3) is 0.703. The number of hydrogen-bond acceptors (Lipinski definition) is 2. The summed E-state index contributed by atoms with van der Waals surface area (Å²) < 4.78 is 0. The molecule has 0 radical (unpaired) electrons. The van der Waals surface area contributed by atoms with E-state index in [1.54, 1.807) is 12.4 Å². The second-order valence-corrected chi connectivity index (χ2v) is 1.46. The molecule has 3 heteroatoms. The number of carbonyl (C=O) groups is 1. The summed E-state index contributed by atoms with van der Waals surface area (Å²) in [4.78, 5) is 11.4. The molecule has 1 rings (SSSR count). The topological polar surface area (TPSA) is 40.3 Å². The maximum absolute atomic E-state index is 10.00. The Morgan fingerprint density at radius 2 is 2.12 bits per heavy atom. The molecule has 0 aromatic carbocycles. The minimum atomic E-state index is -0.977. The van der Waals surface area contributed by atoms with Gasteiger partial charge in [0.1, 0.15) is 5.70 Å². The van der Waals surface area contributed by atoms with Crippen molar-refractivity contribution in [2.75, 3.05) is 0 Å². The van der Waals surface area contributed by atoms with E-state index in [0.717, 1.165) is 0 Å². The van der Waals surface area contributed by atoms with Crippen LogP contribution in [0.4, 0.5) is 0 Å². The van der Waals surface area contributed by atoms with Crippen LogP contribution in [0.25, 0.3) is 0 Å². The van der Waals surface area contributed by atoms with Crippen LogP contribution in [0.1, 0.15) is 0 Å². The maximum atomic E-state index is 10.00. The number of hydrogen-bond donors (Lipinski definition) is 1. The molecule has 0 atom stereocenters. The van der Waals surface area contributed by atoms with Crippen LogP contribution in [0.3, 0.4) is 0 Å². The van der Waals surface area contributed by atoms with Crippen LogP contribution in [-0.2, 0) is 4.79 Å². The van der Waals surface area contributed by atoms with E-state index >= 15 is 0 Å². The molecular formula is C5H5NO2. The fourth-order valence-electron chi connectivity index (χ4n) is 0.324. The van der Waals surface area contributed by atoms with Gasteiger partial charge in [0, 0.05) is 12.4 Å². The highest BCUT2D eigenvalue weighted by atomic mass is 16.4. The molecule has 0 saturated carbocycles. The van der Waals surface area contributed by atoms with Gasteiger partial charge in [-0.2, -0.15) is 0 Å². The normalized spacial score (nSPS) is 13.8. The summed E-state index contributed by atoms with van der Waals surface area (Å²) in [6.07, 6.45) is 3.27. The predicted molar refractivity (Wildman–Crippen MR) is 27.8 cm³/mol. The Balaban J connectivity index is 2.46. The Bertz CT molecular complexity index is 165. The van der Waals surface area contributed by atoms with Gasteiger partial charge in [-0.25, -0.2) is 4.79 Å². The smallest absolute Gasteiger partial charge is 0.352 e. The molecule has 0 aromatic heterocycles. The van der Waals surface area contributed by atoms with E-state index in [4.69, 9.17) is 5.11 Å². The van der Waals surface area contributed by atoms with E-state index in [1.807, 2.05) is 0 Å². The van der Waals surface area contributed by atoms with E-state index in [0.29, 0.717) is 0 Å². The zero-order valence-corrected chi connectivity index (χ0v) is 4.16. The first-order valence-corrected chi connectivity index (χ1v) is 2.10. The zero-order valence-electron chi connectivity index (χ0n) is 4.16. The van der Waals surface area contributed by atoms with Gasteiger partial charge in [-0.05, 0) is 0 Å². The van der Waals surface area contributed by atoms with Gasteiger partial charge < -0.3 is 10.0 Å². The second kappa shape index (κ2) is 1.36. The minimum Gasteiger partial charge on any atom is -0.477 e. The van der Waals surface area contributed by atoms with Gasteiger partial charge in [-0.3, -0.25) is 0 Å². The molecule has 1 N–H and O–H groups in total. The highest BCUT2D eigenvalue weighted by Gasteiger charge is 2.15. The van der Waals surface area contributed by atoms with Crippen LogP contribution < -0.4 is 0 Å². The highest BCUT2D eigenvalue weighted by Crippen LogP contribution is 2.13. The molecule has 0 aromatic rings. The summed E-state index contributed by atoms with van der Waals surface area (Å²) in [5, 5.41) is 8.21. The van der Waals surface area contributed by atoms with Crippen LogP contribution in [0, 0.1) is 0 Å². The van der Waals surface area contributed by atoms with Crippen molar-refractivity contribution in [2.24, 2.45) is 0 Å². The summed E-state index contributed by atoms with van der Waals surface area (Å²) in [6, 6.07) is 0. The molecule has 0 spiro atoms. The second-order valence-electron chi connectivity index (χ2n) is 1.46. The molecular weight excluding hydrogens is 106 g/mol. The standard InChI is InChI=1S/C5H5NO2/c1-4(5(7)8)6-2-3-6/h2-3H,1H2,(H,7,8). The van der Waals surface area contributed by atoms with Gasteiger partial charge in [0.2, 0.25) is 0 Å². The van der Waals surface area contributed by atoms with Crippen molar-refractivity contribution >= 4 is 5.97 Å². The molecule has 1 aliphatic heterocycles. The lowest BCUT2D eigenvalue weighted by molar-refractivity contribution is -0.133. The fourth-order valence-corrected chi connectivity index (χ4v) is 0.324. The summed E-state index contributed by atoms with van der Waals surface area (Å²) >= 11 is 0. The highest BCUT2D eigenvalue weighted by molar-refractivity contribution is 5.86. The summed E-state index contributed by atoms with van der Waals surface area (Å²) in [5.74, 6) is -0.977. The van der Waals surface area contributed by atoms with E-state index in [9.17, 15) is 4.79 Å². The van der Waals surface area contributed by atoms with Gasteiger partial charge in [-0.1, -0.05) is 6.58 Å². The first kappa shape index (κ1) is 4.90. The van der Waals surface area contributed by atoms with Crippen LogP contribution in [-0.4, -0.2) is 16.0 Å². The summed E-state index contributed by atoms with van der Waals surface area (Å²) in [6.45, 7) is 3.28. The van der Waals surface area contributed by atoms with E-state index in [-0.39, 0.29) is 5.70 Å². The van der Waals surface area contributed by atoms with Crippen molar-refractivity contribution in [3.8, 4) is 0 Å². The number of nitrogens with zero attached hydrogens (tertiary/aromatic N) is 1. The van der Waals surface area contributed by atoms with Gasteiger partial charge in [0.25, 0.3) is 0 Å². The maximum Gasteiger partial charge on any atom is 0.352 e. The van der Waals surface area contributed by atoms with Crippen LogP contribution in [0.5, 0.6) is 0 Å². The largest absolute Gasteiger partial charge is 0.477 e. The molecule has 0 unspecified atom stereocenters. The summed E-state index contributed by atoms with van der Waals surface area (Å²) in [7, 11) is 0. The molecule has 0 fully saturated rings. The first-order valence-electron chi connectivity index (χ1n) is 2.10. The molecule has 0 aliphatic carbocycles. The Kier molecular flexibility index (Phi) is 0.836. The monoisotopic (exact) mass is 111 g/mol. The van der Waals surface area contributed by atoms with Gasteiger partial charge >= 0.3 is 5.97 Å². The van der Waals surface area contributed by atoms with E-state index in [2.05, 4.69) is 6.58 Å². The predicted octanol–water partition coefficient (Wildman–Crippen LogP) is 0.371. The number of rotatable bonds is 2. The molecule has 1 heterocycles. The summed E-state index contributed by atoms with van der Waals surface area (Å²) in [5.41, 5.74) is 0.102. The number of aliphatic carboxylic acids is 1. The van der Waals surface area contributed by atoms with Crippen LogP contribution in [0.2, 0.25) is 0 Å². The third-order valence-corrected chi connectivity index (χ3v) is 0.857. The SMILES string of the molecule is C=C(C(=O)O)N1C=C1. The number of carboxylic acid groups (broad SMARTS) is 1. The van der Waals surface area contributed by atoms with Crippen molar-refractivity contribution in [2.45, 2.75) is 0 Å². The van der Waals surface area contributed by atoms with Crippen molar-refractivity contribution in [3.63, 3.8) is 0 Å². The Morgan fingerprint density at radius 3 is 2.25 bits per heavy atom. The first-order chi connectivity index (χ1) is 3.72. The third-order valence-electron chi connectivity index (χ3n) is 0.857. The molecule has 42 valence electrons. The molecule has 1 aliphatic rings. The lowest BCUT2D eigenvalue weighted by atomic mass is 10.5. The minimum absolute atomic E-state index is 0.102. The van der Waals surface area contributed by atoms with Crippen molar-refractivity contribution in [1.29, 1.82) is 0 Å². The average molecular weight is 111 g/mol. The Morgan fingerprint density at radius 1 is 1.62 bits per heavy atom.